The smallest absolute Gasteiger partial charge is 0.344 e. The first-order valence-corrected chi connectivity index (χ1v) is 11.0. The first kappa shape index (κ1) is 23.3. The molecule has 2 aromatic carbocycles. The van der Waals surface area contributed by atoms with Crippen molar-refractivity contribution in [2.75, 3.05) is 7.11 Å². The number of carbonyl (C=O) groups is 2. The minimum atomic E-state index is -1.04. The summed E-state index contributed by atoms with van der Waals surface area (Å²) in [6.07, 6.45) is -0.968. The molecule has 0 aliphatic heterocycles. The van der Waals surface area contributed by atoms with Gasteiger partial charge in [0, 0.05) is 17.8 Å². The van der Waals surface area contributed by atoms with Crippen molar-refractivity contribution in [1.29, 1.82) is 0 Å². The molecule has 1 N–H and O–H groups in total. The molecule has 0 saturated carbocycles. The second kappa shape index (κ2) is 9.57. The van der Waals surface area contributed by atoms with Gasteiger partial charge in [0.1, 0.15) is 22.2 Å². The molecule has 0 saturated heterocycles. The molecule has 0 aliphatic rings. The van der Waals surface area contributed by atoms with E-state index in [9.17, 15) is 9.59 Å². The maximum Gasteiger partial charge on any atom is 0.344 e. The van der Waals surface area contributed by atoms with Crippen molar-refractivity contribution in [2.24, 2.45) is 0 Å². The predicted octanol–water partition coefficient (Wildman–Crippen LogP) is 5.14. The van der Waals surface area contributed by atoms with Gasteiger partial charge in [-0.2, -0.15) is 0 Å². The number of hydrogen-bond donors (Lipinski definition) is 1. The third kappa shape index (κ3) is 4.61. The van der Waals surface area contributed by atoms with E-state index in [0.717, 1.165) is 16.8 Å². The van der Waals surface area contributed by atoms with Crippen molar-refractivity contribution in [3.8, 4) is 11.5 Å². The van der Waals surface area contributed by atoms with Gasteiger partial charge >= 0.3 is 5.97 Å². The number of nitrogens with zero attached hydrogens (tertiary/aromatic N) is 2. The summed E-state index contributed by atoms with van der Waals surface area (Å²) < 4.78 is 12.7. The van der Waals surface area contributed by atoms with E-state index in [-0.39, 0.29) is 5.78 Å². The van der Waals surface area contributed by atoms with Crippen LogP contribution in [0.25, 0.3) is 11.0 Å². The predicted molar refractivity (Wildman–Crippen MR) is 129 cm³/mol. The number of methoxy groups -OCH3 is 1. The maximum absolute atomic E-state index is 13.5. The number of pyridine rings is 1. The standard InChI is InChI=1S/C26H23ClN2O5/c1-15-23(25(30)18-7-9-19(33-3)10-8-18)24-21(11-12-22(27)28-24)29(15)14-17-5-4-6-20(13-17)34-16(2)26(31)32/h4-13,16H,14H2,1-3H3,(H,31,32). The SMILES string of the molecule is COc1ccc(C(=O)c2c(C)n(Cc3cccc(OC(C)C(=O)O)c3)c3ccc(Cl)nc23)cc1. The summed E-state index contributed by atoms with van der Waals surface area (Å²) in [4.78, 5) is 29.1. The minimum absolute atomic E-state index is 0.161. The molecule has 0 fully saturated rings. The van der Waals surface area contributed by atoms with Gasteiger partial charge < -0.3 is 19.1 Å². The number of ether oxygens (including phenoxy) is 2. The molecule has 8 heteroatoms. The molecule has 0 radical (unpaired) electrons. The van der Waals surface area contributed by atoms with Crippen molar-refractivity contribution in [1.82, 2.24) is 9.55 Å². The summed E-state index contributed by atoms with van der Waals surface area (Å²) >= 11 is 6.18. The summed E-state index contributed by atoms with van der Waals surface area (Å²) in [7, 11) is 1.57. The number of ketones is 1. The summed E-state index contributed by atoms with van der Waals surface area (Å²) in [6, 6.07) is 17.7. The lowest BCUT2D eigenvalue weighted by molar-refractivity contribution is -0.144. The van der Waals surface area contributed by atoms with E-state index in [1.165, 1.54) is 6.92 Å². The van der Waals surface area contributed by atoms with Crippen LogP contribution in [0.5, 0.6) is 11.5 Å². The first-order valence-electron chi connectivity index (χ1n) is 10.6. The minimum Gasteiger partial charge on any atom is -0.497 e. The lowest BCUT2D eigenvalue weighted by Crippen LogP contribution is -2.22. The Labute approximate surface area is 201 Å². The van der Waals surface area contributed by atoms with Gasteiger partial charge in [-0.1, -0.05) is 23.7 Å². The lowest BCUT2D eigenvalue weighted by Gasteiger charge is -2.13. The number of aromatic nitrogens is 2. The van der Waals surface area contributed by atoms with E-state index in [1.54, 1.807) is 55.6 Å². The zero-order valence-electron chi connectivity index (χ0n) is 18.9. The fourth-order valence-corrected chi connectivity index (χ4v) is 3.98. The molecule has 0 bridgehead atoms. The topological polar surface area (TPSA) is 90.7 Å². The molecule has 1 unspecified atom stereocenters. The number of fused-ring (bicyclic) bond motifs is 1. The summed E-state index contributed by atoms with van der Waals surface area (Å²) in [5.41, 5.74) is 3.92. The Morgan fingerprint density at radius 1 is 1.09 bits per heavy atom. The molecule has 0 amide bonds. The van der Waals surface area contributed by atoms with Crippen LogP contribution in [0.2, 0.25) is 5.15 Å². The molecule has 4 rings (SSSR count). The Morgan fingerprint density at radius 3 is 2.50 bits per heavy atom. The van der Waals surface area contributed by atoms with Crippen LogP contribution in [0.3, 0.4) is 0 Å². The molecular weight excluding hydrogens is 456 g/mol. The highest BCUT2D eigenvalue weighted by atomic mass is 35.5. The monoisotopic (exact) mass is 478 g/mol. The van der Waals surface area contributed by atoms with Crippen LogP contribution in [0.4, 0.5) is 0 Å². The average Bonchev–Trinajstić information content (AvgIpc) is 3.09. The van der Waals surface area contributed by atoms with Crippen LogP contribution in [0.1, 0.15) is 34.1 Å². The Balaban J connectivity index is 1.75. The quantitative estimate of drug-likeness (QED) is 0.278. The Kier molecular flexibility index (Phi) is 6.56. The highest BCUT2D eigenvalue weighted by Gasteiger charge is 2.23. The number of benzene rings is 2. The number of carboxylic acid groups (broad SMARTS) is 1. The van der Waals surface area contributed by atoms with Crippen LogP contribution in [0.15, 0.2) is 60.7 Å². The number of carbonyl (C=O) groups excluding carboxylic acids is 1. The fraction of sp³-hybridized carbons (Fsp3) is 0.192. The highest BCUT2D eigenvalue weighted by molar-refractivity contribution is 6.30. The Hall–Kier alpha value is -3.84. The largest absolute Gasteiger partial charge is 0.497 e. The lowest BCUT2D eigenvalue weighted by atomic mass is 10.0. The zero-order valence-corrected chi connectivity index (χ0v) is 19.7. The van der Waals surface area contributed by atoms with E-state index < -0.39 is 12.1 Å². The van der Waals surface area contributed by atoms with Gasteiger partial charge in [-0.25, -0.2) is 9.78 Å². The van der Waals surface area contributed by atoms with Crippen LogP contribution in [-0.2, 0) is 11.3 Å². The molecule has 0 spiro atoms. The third-order valence-electron chi connectivity index (χ3n) is 5.61. The molecule has 7 nitrogen and oxygen atoms in total. The van der Waals surface area contributed by atoms with Crippen molar-refractivity contribution in [3.05, 3.63) is 88.2 Å². The molecule has 0 aliphatic carbocycles. The van der Waals surface area contributed by atoms with E-state index in [0.29, 0.717) is 39.8 Å². The van der Waals surface area contributed by atoms with Gasteiger partial charge in [-0.3, -0.25) is 4.79 Å². The molecule has 174 valence electrons. The fourth-order valence-electron chi connectivity index (χ4n) is 3.83. The Morgan fingerprint density at radius 2 is 1.82 bits per heavy atom. The van der Waals surface area contributed by atoms with Crippen LogP contribution < -0.4 is 9.47 Å². The van der Waals surface area contributed by atoms with Gasteiger partial charge in [0.05, 0.1) is 18.2 Å². The van der Waals surface area contributed by atoms with Gasteiger partial charge in [-0.05, 0) is 67.9 Å². The number of halogens is 1. The van der Waals surface area contributed by atoms with E-state index in [4.69, 9.17) is 26.2 Å². The normalized spacial score (nSPS) is 11.9. The summed E-state index contributed by atoms with van der Waals surface area (Å²) in [5, 5.41) is 9.41. The van der Waals surface area contributed by atoms with Crippen molar-refractivity contribution >= 4 is 34.4 Å². The van der Waals surface area contributed by atoms with Crippen molar-refractivity contribution < 1.29 is 24.2 Å². The number of carboxylic acids is 1. The third-order valence-corrected chi connectivity index (χ3v) is 5.82. The second-order valence-corrected chi connectivity index (χ2v) is 8.24. The summed E-state index contributed by atoms with van der Waals surface area (Å²) in [5.74, 6) is -0.0817. The maximum atomic E-state index is 13.5. The highest BCUT2D eigenvalue weighted by Crippen LogP contribution is 2.30. The van der Waals surface area contributed by atoms with E-state index in [2.05, 4.69) is 4.98 Å². The van der Waals surface area contributed by atoms with E-state index in [1.807, 2.05) is 23.6 Å². The van der Waals surface area contributed by atoms with Crippen molar-refractivity contribution in [3.63, 3.8) is 0 Å². The molecule has 1 atom stereocenters. The second-order valence-electron chi connectivity index (χ2n) is 7.85. The Bertz CT molecular complexity index is 1380. The average molecular weight is 479 g/mol. The van der Waals surface area contributed by atoms with Crippen molar-refractivity contribution in [2.45, 2.75) is 26.5 Å². The molecule has 34 heavy (non-hydrogen) atoms. The van der Waals surface area contributed by atoms with Gasteiger partial charge in [0.25, 0.3) is 0 Å². The van der Waals surface area contributed by atoms with Gasteiger partial charge in [0.15, 0.2) is 11.9 Å². The van der Waals surface area contributed by atoms with Crippen LogP contribution in [0, 0.1) is 6.92 Å². The van der Waals surface area contributed by atoms with E-state index >= 15 is 0 Å². The molecule has 4 aromatic rings. The van der Waals surface area contributed by atoms with Gasteiger partial charge in [-0.15, -0.1) is 0 Å². The first-order chi connectivity index (χ1) is 16.3. The number of hydrogen-bond acceptors (Lipinski definition) is 5. The van der Waals surface area contributed by atoms with Gasteiger partial charge in [0.2, 0.25) is 0 Å². The molecule has 2 aromatic heterocycles. The summed E-state index contributed by atoms with van der Waals surface area (Å²) in [6.45, 7) is 3.78. The zero-order chi connectivity index (χ0) is 24.4. The van der Waals surface area contributed by atoms with Crippen LogP contribution in [-0.4, -0.2) is 39.6 Å². The molecular formula is C26H23ClN2O5. The molecule has 2 heterocycles. The number of rotatable bonds is 8. The van der Waals surface area contributed by atoms with Crippen LogP contribution >= 0.6 is 11.6 Å². The number of aliphatic carboxylic acids is 1.